The van der Waals surface area contributed by atoms with Crippen LogP contribution in [-0.4, -0.2) is 45.5 Å². The van der Waals surface area contributed by atoms with Crippen molar-refractivity contribution >= 4 is 11.8 Å². The van der Waals surface area contributed by atoms with Gasteiger partial charge in [-0.1, -0.05) is 22.9 Å². The standard InChI is InChI=1S/C21H27N5O3/c1-14-2-10-18(11-3-14)29-13-20(27)22-15-6-8-17(9-7-15)26-12-19(24-25-26)21(28)23-16-4-5-16/h2-3,10-12,15-17H,4-9,13H2,1H3,(H,22,27)(H,23,28). The molecule has 0 radical (unpaired) electrons. The lowest BCUT2D eigenvalue weighted by molar-refractivity contribution is -0.124. The lowest BCUT2D eigenvalue weighted by Crippen LogP contribution is -2.40. The number of aryl methyl sites for hydroxylation is 1. The lowest BCUT2D eigenvalue weighted by Gasteiger charge is -2.28. The maximum absolute atomic E-state index is 12.2. The van der Waals surface area contributed by atoms with Gasteiger partial charge in [0.25, 0.3) is 11.8 Å². The molecule has 2 N–H and O–H groups in total. The van der Waals surface area contributed by atoms with Crippen LogP contribution < -0.4 is 15.4 Å². The van der Waals surface area contributed by atoms with Crippen molar-refractivity contribution in [2.45, 2.75) is 63.6 Å². The summed E-state index contributed by atoms with van der Waals surface area (Å²) in [6, 6.07) is 8.31. The predicted molar refractivity (Wildman–Crippen MR) is 107 cm³/mol. The Morgan fingerprint density at radius 1 is 1.03 bits per heavy atom. The summed E-state index contributed by atoms with van der Waals surface area (Å²) < 4.78 is 7.33. The SMILES string of the molecule is Cc1ccc(OCC(=O)NC2CCC(n3cc(C(=O)NC4CC4)nn3)CC2)cc1. The van der Waals surface area contributed by atoms with E-state index in [-0.39, 0.29) is 30.5 Å². The Bertz CT molecular complexity index is 851. The third-order valence-electron chi connectivity index (χ3n) is 5.48. The van der Waals surface area contributed by atoms with Crippen LogP contribution in [0.1, 0.15) is 60.6 Å². The van der Waals surface area contributed by atoms with E-state index in [9.17, 15) is 9.59 Å². The van der Waals surface area contributed by atoms with Crippen LogP contribution in [0.2, 0.25) is 0 Å². The molecule has 8 nitrogen and oxygen atoms in total. The number of hydrogen-bond acceptors (Lipinski definition) is 5. The Balaban J connectivity index is 1.20. The highest BCUT2D eigenvalue weighted by Crippen LogP contribution is 2.28. The summed E-state index contributed by atoms with van der Waals surface area (Å²) in [7, 11) is 0. The van der Waals surface area contributed by atoms with E-state index in [1.54, 1.807) is 10.9 Å². The first-order valence-electron chi connectivity index (χ1n) is 10.3. The fraction of sp³-hybridized carbons (Fsp3) is 0.524. The Hall–Kier alpha value is -2.90. The minimum Gasteiger partial charge on any atom is -0.484 e. The maximum atomic E-state index is 12.2. The van der Waals surface area contributed by atoms with Gasteiger partial charge in [0.15, 0.2) is 12.3 Å². The zero-order chi connectivity index (χ0) is 20.2. The summed E-state index contributed by atoms with van der Waals surface area (Å²) in [5, 5.41) is 14.1. The highest BCUT2D eigenvalue weighted by Gasteiger charge is 2.27. The van der Waals surface area contributed by atoms with Gasteiger partial charge in [0, 0.05) is 12.1 Å². The zero-order valence-corrected chi connectivity index (χ0v) is 16.6. The van der Waals surface area contributed by atoms with Crippen LogP contribution in [-0.2, 0) is 4.79 Å². The molecule has 1 aromatic heterocycles. The summed E-state index contributed by atoms with van der Waals surface area (Å²) in [6.45, 7) is 2.03. The van der Waals surface area contributed by atoms with Crippen molar-refractivity contribution in [2.24, 2.45) is 0 Å². The van der Waals surface area contributed by atoms with Crippen LogP contribution in [0.5, 0.6) is 5.75 Å². The third kappa shape index (κ3) is 5.34. The predicted octanol–water partition coefficient (Wildman–Crippen LogP) is 2.16. The second-order valence-corrected chi connectivity index (χ2v) is 8.01. The van der Waals surface area contributed by atoms with Crippen molar-refractivity contribution in [1.82, 2.24) is 25.6 Å². The molecule has 2 aliphatic rings. The molecule has 2 aromatic rings. The molecular weight excluding hydrogens is 370 g/mol. The number of hydrogen-bond donors (Lipinski definition) is 2. The largest absolute Gasteiger partial charge is 0.484 e. The van der Waals surface area contributed by atoms with Gasteiger partial charge < -0.3 is 15.4 Å². The highest BCUT2D eigenvalue weighted by atomic mass is 16.5. The molecule has 2 aliphatic carbocycles. The second-order valence-electron chi connectivity index (χ2n) is 8.01. The molecule has 1 aromatic carbocycles. The average molecular weight is 397 g/mol. The van der Waals surface area contributed by atoms with Crippen molar-refractivity contribution in [1.29, 1.82) is 0 Å². The van der Waals surface area contributed by atoms with Gasteiger partial charge in [-0.3, -0.25) is 9.59 Å². The molecule has 4 rings (SSSR count). The van der Waals surface area contributed by atoms with Crippen molar-refractivity contribution < 1.29 is 14.3 Å². The maximum Gasteiger partial charge on any atom is 0.273 e. The van der Waals surface area contributed by atoms with Crippen LogP contribution in [0.25, 0.3) is 0 Å². The topological polar surface area (TPSA) is 98.1 Å². The van der Waals surface area contributed by atoms with E-state index < -0.39 is 0 Å². The molecule has 0 saturated heterocycles. The number of aromatic nitrogens is 3. The van der Waals surface area contributed by atoms with Gasteiger partial charge in [-0.25, -0.2) is 4.68 Å². The first-order valence-corrected chi connectivity index (χ1v) is 10.3. The second kappa shape index (κ2) is 8.63. The number of nitrogens with zero attached hydrogens (tertiary/aromatic N) is 3. The van der Waals surface area contributed by atoms with Crippen LogP contribution in [0, 0.1) is 6.92 Å². The molecule has 0 spiro atoms. The molecule has 2 fully saturated rings. The first kappa shape index (κ1) is 19.4. The molecule has 0 aliphatic heterocycles. The monoisotopic (exact) mass is 397 g/mol. The zero-order valence-electron chi connectivity index (χ0n) is 16.6. The number of ether oxygens (including phenoxy) is 1. The van der Waals surface area contributed by atoms with Crippen LogP contribution in [0.15, 0.2) is 30.5 Å². The normalized spacial score (nSPS) is 21.4. The molecule has 2 saturated carbocycles. The Kier molecular flexibility index (Phi) is 5.78. The summed E-state index contributed by atoms with van der Waals surface area (Å²) in [6.07, 6.45) is 7.33. The summed E-state index contributed by atoms with van der Waals surface area (Å²) in [4.78, 5) is 24.2. The summed E-state index contributed by atoms with van der Waals surface area (Å²) in [5.41, 5.74) is 1.53. The van der Waals surface area contributed by atoms with E-state index in [4.69, 9.17) is 4.74 Å². The van der Waals surface area contributed by atoms with Crippen molar-refractivity contribution in [3.63, 3.8) is 0 Å². The van der Waals surface area contributed by atoms with Gasteiger partial charge in [-0.15, -0.1) is 5.10 Å². The molecule has 1 heterocycles. The van der Waals surface area contributed by atoms with Crippen LogP contribution >= 0.6 is 0 Å². The Labute approximate surface area is 170 Å². The van der Waals surface area contributed by atoms with Gasteiger partial charge in [-0.2, -0.15) is 0 Å². The highest BCUT2D eigenvalue weighted by molar-refractivity contribution is 5.92. The quantitative estimate of drug-likeness (QED) is 0.746. The van der Waals surface area contributed by atoms with E-state index in [0.29, 0.717) is 17.5 Å². The average Bonchev–Trinajstić information content (AvgIpc) is 3.39. The molecule has 29 heavy (non-hydrogen) atoms. The van der Waals surface area contributed by atoms with Crippen molar-refractivity contribution in [3.8, 4) is 5.75 Å². The van der Waals surface area contributed by atoms with Crippen molar-refractivity contribution in [2.75, 3.05) is 6.61 Å². The van der Waals surface area contributed by atoms with E-state index in [0.717, 1.165) is 44.1 Å². The molecule has 8 heteroatoms. The number of rotatable bonds is 7. The number of carbonyl (C=O) groups is 2. The van der Waals surface area contributed by atoms with Crippen LogP contribution in [0.4, 0.5) is 0 Å². The first-order chi connectivity index (χ1) is 14.1. The lowest BCUT2D eigenvalue weighted by atomic mass is 9.91. The molecular formula is C21H27N5O3. The summed E-state index contributed by atoms with van der Waals surface area (Å²) >= 11 is 0. The van der Waals surface area contributed by atoms with Gasteiger partial charge in [-0.05, 0) is 57.6 Å². The minimum atomic E-state index is -0.145. The molecule has 154 valence electrons. The van der Waals surface area contributed by atoms with Gasteiger partial charge in [0.1, 0.15) is 5.75 Å². The van der Waals surface area contributed by atoms with E-state index in [1.807, 2.05) is 31.2 Å². The van der Waals surface area contributed by atoms with Crippen molar-refractivity contribution in [3.05, 3.63) is 41.7 Å². The molecule has 0 bridgehead atoms. The van der Waals surface area contributed by atoms with E-state index in [1.165, 1.54) is 0 Å². The Morgan fingerprint density at radius 2 is 1.69 bits per heavy atom. The van der Waals surface area contributed by atoms with E-state index in [2.05, 4.69) is 20.9 Å². The molecule has 0 atom stereocenters. The summed E-state index contributed by atoms with van der Waals surface area (Å²) in [5.74, 6) is 0.448. The van der Waals surface area contributed by atoms with E-state index >= 15 is 0 Å². The van der Waals surface area contributed by atoms with Gasteiger partial charge >= 0.3 is 0 Å². The van der Waals surface area contributed by atoms with Gasteiger partial charge in [0.2, 0.25) is 0 Å². The fourth-order valence-corrected chi connectivity index (χ4v) is 3.58. The number of benzene rings is 1. The Morgan fingerprint density at radius 3 is 2.38 bits per heavy atom. The number of nitrogens with one attached hydrogen (secondary N) is 2. The fourth-order valence-electron chi connectivity index (χ4n) is 3.58. The van der Waals surface area contributed by atoms with Crippen LogP contribution in [0.3, 0.4) is 0 Å². The number of carbonyl (C=O) groups excluding carboxylic acids is 2. The molecule has 0 unspecified atom stereocenters. The number of amides is 2. The minimum absolute atomic E-state index is 0.0194. The molecule has 2 amide bonds. The van der Waals surface area contributed by atoms with Gasteiger partial charge in [0.05, 0.1) is 12.2 Å². The third-order valence-corrected chi connectivity index (χ3v) is 5.48. The smallest absolute Gasteiger partial charge is 0.273 e.